The van der Waals surface area contributed by atoms with Gasteiger partial charge in [0.25, 0.3) is 11.6 Å². The number of non-ortho nitro benzene ring substituents is 1. The van der Waals surface area contributed by atoms with Crippen LogP contribution in [0.4, 0.5) is 18.9 Å². The van der Waals surface area contributed by atoms with Crippen LogP contribution in [0.1, 0.15) is 5.56 Å². The zero-order valence-corrected chi connectivity index (χ0v) is 15.5. The summed E-state index contributed by atoms with van der Waals surface area (Å²) in [4.78, 5) is 14.4. The van der Waals surface area contributed by atoms with Crippen LogP contribution < -0.4 is 4.74 Å². The summed E-state index contributed by atoms with van der Waals surface area (Å²) < 4.78 is 50.2. The van der Waals surface area contributed by atoms with Crippen LogP contribution in [-0.4, -0.2) is 24.8 Å². The Kier molecular flexibility index (Phi) is 5.11. The molecular weight excluding hydrogens is 419 g/mol. The third-order valence-corrected chi connectivity index (χ3v) is 4.15. The van der Waals surface area contributed by atoms with Gasteiger partial charge in [-0.2, -0.15) is 23.3 Å². The van der Waals surface area contributed by atoms with Crippen molar-refractivity contribution < 1.29 is 27.4 Å². The topological polar surface area (TPSA) is 109 Å². The Morgan fingerprint density at radius 2 is 1.90 bits per heavy atom. The maximum atomic E-state index is 12.8. The quantitative estimate of drug-likeness (QED) is 0.325. The normalized spacial score (nSPS) is 11.5. The molecule has 12 heteroatoms. The molecule has 0 amide bonds. The van der Waals surface area contributed by atoms with Gasteiger partial charge in [-0.25, -0.2) is 4.68 Å². The van der Waals surface area contributed by atoms with Gasteiger partial charge in [0.15, 0.2) is 12.4 Å². The molecule has 4 rings (SSSR count). The monoisotopic (exact) mass is 431 g/mol. The second-order valence-corrected chi connectivity index (χ2v) is 6.27. The molecule has 0 aliphatic carbocycles. The van der Waals surface area contributed by atoms with E-state index in [-0.39, 0.29) is 29.9 Å². The number of nitrogens with zero attached hydrogens (tertiary/aromatic N) is 5. The number of rotatable bonds is 6. The number of aromatic nitrogens is 4. The summed E-state index contributed by atoms with van der Waals surface area (Å²) in [5.41, 5.74) is -0.0241. The third kappa shape index (κ3) is 4.52. The maximum Gasteiger partial charge on any atom is 0.416 e. The van der Waals surface area contributed by atoms with Gasteiger partial charge in [-0.15, -0.1) is 0 Å². The van der Waals surface area contributed by atoms with Gasteiger partial charge in [-0.05, 0) is 36.4 Å². The Bertz CT molecular complexity index is 1220. The molecule has 2 aromatic carbocycles. The van der Waals surface area contributed by atoms with Crippen molar-refractivity contribution in [2.24, 2.45) is 0 Å². The maximum absolute atomic E-state index is 12.8. The first kappa shape index (κ1) is 20.1. The summed E-state index contributed by atoms with van der Waals surface area (Å²) >= 11 is 0. The fraction of sp³-hybridized carbons (Fsp3) is 0.105. The second kappa shape index (κ2) is 7.89. The summed E-state index contributed by atoms with van der Waals surface area (Å²) in [6.07, 6.45) is -2.92. The first-order valence-corrected chi connectivity index (χ1v) is 8.72. The van der Waals surface area contributed by atoms with Crippen molar-refractivity contribution in [3.63, 3.8) is 0 Å². The average molecular weight is 431 g/mol. The molecule has 0 atom stereocenters. The molecular formula is C19H12F3N5O4. The van der Waals surface area contributed by atoms with Crippen molar-refractivity contribution in [3.8, 4) is 28.7 Å². The van der Waals surface area contributed by atoms with Gasteiger partial charge in [-0.1, -0.05) is 11.2 Å². The van der Waals surface area contributed by atoms with Crippen LogP contribution in [0, 0.1) is 10.1 Å². The van der Waals surface area contributed by atoms with Crippen LogP contribution in [-0.2, 0) is 12.9 Å². The van der Waals surface area contributed by atoms with Crippen molar-refractivity contribution in [1.82, 2.24) is 19.9 Å². The number of hydrogen-bond acceptors (Lipinski definition) is 7. The van der Waals surface area contributed by atoms with E-state index in [1.54, 1.807) is 12.3 Å². The molecule has 9 nitrogen and oxygen atoms in total. The van der Waals surface area contributed by atoms with E-state index in [0.29, 0.717) is 11.3 Å². The first-order valence-electron chi connectivity index (χ1n) is 8.72. The molecule has 0 radical (unpaired) electrons. The SMILES string of the molecule is O=[N+]([O-])c1ccc(-c2noc(-c3ccn(COc4cccc(C(F)(F)F)c4)n3)n2)cc1. The highest BCUT2D eigenvalue weighted by Crippen LogP contribution is 2.31. The van der Waals surface area contributed by atoms with E-state index >= 15 is 0 Å². The molecule has 0 spiro atoms. The highest BCUT2D eigenvalue weighted by molar-refractivity contribution is 5.59. The van der Waals surface area contributed by atoms with Gasteiger partial charge in [-0.3, -0.25) is 10.1 Å². The minimum Gasteiger partial charge on any atom is -0.471 e. The number of nitro benzene ring substituents is 1. The number of hydrogen-bond donors (Lipinski definition) is 0. The van der Waals surface area contributed by atoms with Crippen molar-refractivity contribution >= 4 is 5.69 Å². The van der Waals surface area contributed by atoms with Crippen molar-refractivity contribution in [2.75, 3.05) is 0 Å². The molecule has 0 N–H and O–H groups in total. The third-order valence-electron chi connectivity index (χ3n) is 4.15. The summed E-state index contributed by atoms with van der Waals surface area (Å²) in [6, 6.07) is 11.7. The fourth-order valence-corrected chi connectivity index (χ4v) is 2.63. The van der Waals surface area contributed by atoms with E-state index in [9.17, 15) is 23.3 Å². The van der Waals surface area contributed by atoms with Gasteiger partial charge in [0.1, 0.15) is 5.75 Å². The molecule has 4 aromatic rings. The van der Waals surface area contributed by atoms with E-state index in [1.807, 2.05) is 0 Å². The average Bonchev–Trinajstić information content (AvgIpc) is 3.41. The zero-order chi connectivity index (χ0) is 22.0. The molecule has 158 valence electrons. The Morgan fingerprint density at radius 3 is 2.61 bits per heavy atom. The van der Waals surface area contributed by atoms with E-state index < -0.39 is 16.7 Å². The highest BCUT2D eigenvalue weighted by atomic mass is 19.4. The summed E-state index contributed by atoms with van der Waals surface area (Å²) in [7, 11) is 0. The fourth-order valence-electron chi connectivity index (χ4n) is 2.63. The lowest BCUT2D eigenvalue weighted by atomic mass is 10.2. The lowest BCUT2D eigenvalue weighted by Crippen LogP contribution is -2.08. The number of benzene rings is 2. The molecule has 0 bridgehead atoms. The van der Waals surface area contributed by atoms with Crippen LogP contribution in [0.25, 0.3) is 23.0 Å². The molecule has 31 heavy (non-hydrogen) atoms. The molecule has 0 unspecified atom stereocenters. The minimum atomic E-state index is -4.46. The van der Waals surface area contributed by atoms with Crippen molar-refractivity contribution in [2.45, 2.75) is 12.9 Å². The van der Waals surface area contributed by atoms with Crippen LogP contribution in [0.15, 0.2) is 65.3 Å². The molecule has 2 heterocycles. The van der Waals surface area contributed by atoms with E-state index in [4.69, 9.17) is 9.26 Å². The van der Waals surface area contributed by atoms with Gasteiger partial charge >= 0.3 is 6.18 Å². The standard InChI is InChI=1S/C19H12F3N5O4/c20-19(21,22)13-2-1-3-15(10-13)30-11-26-9-8-16(24-26)18-23-17(25-31-18)12-4-6-14(7-5-12)27(28)29/h1-10H,11H2. The number of nitro groups is 1. The molecule has 0 fully saturated rings. The number of ether oxygens (including phenoxy) is 1. The van der Waals surface area contributed by atoms with E-state index in [2.05, 4.69) is 15.2 Å². The lowest BCUT2D eigenvalue weighted by molar-refractivity contribution is -0.384. The van der Waals surface area contributed by atoms with Crippen LogP contribution in [0.2, 0.25) is 0 Å². The number of halogens is 3. The number of alkyl halides is 3. The van der Waals surface area contributed by atoms with Crippen LogP contribution in [0.3, 0.4) is 0 Å². The largest absolute Gasteiger partial charge is 0.471 e. The Morgan fingerprint density at radius 1 is 1.13 bits per heavy atom. The highest BCUT2D eigenvalue weighted by Gasteiger charge is 2.30. The molecule has 0 aliphatic heterocycles. The summed E-state index contributed by atoms with van der Waals surface area (Å²) in [5, 5.41) is 18.8. The van der Waals surface area contributed by atoms with Crippen LogP contribution in [0.5, 0.6) is 5.75 Å². The van der Waals surface area contributed by atoms with Gasteiger partial charge in [0.05, 0.1) is 10.5 Å². The molecule has 0 saturated carbocycles. The van der Waals surface area contributed by atoms with Gasteiger partial charge in [0.2, 0.25) is 5.82 Å². The van der Waals surface area contributed by atoms with Crippen molar-refractivity contribution in [1.29, 1.82) is 0 Å². The Labute approximate surface area is 171 Å². The predicted octanol–water partition coefficient (Wildman–Crippen LogP) is 4.56. The predicted molar refractivity (Wildman–Crippen MR) is 99.7 cm³/mol. The second-order valence-electron chi connectivity index (χ2n) is 6.27. The zero-order valence-electron chi connectivity index (χ0n) is 15.5. The Hall–Kier alpha value is -4.22. The van der Waals surface area contributed by atoms with Crippen molar-refractivity contribution in [3.05, 3.63) is 76.5 Å². The summed E-state index contributed by atoms with van der Waals surface area (Å²) in [6.45, 7) is -0.134. The van der Waals surface area contributed by atoms with Gasteiger partial charge in [0, 0.05) is 23.9 Å². The molecule has 0 saturated heterocycles. The first-order chi connectivity index (χ1) is 14.8. The van der Waals surface area contributed by atoms with E-state index in [1.165, 1.54) is 41.1 Å². The molecule has 0 aliphatic rings. The van der Waals surface area contributed by atoms with Crippen LogP contribution >= 0.6 is 0 Å². The minimum absolute atomic E-state index is 0.0464. The summed E-state index contributed by atoms with van der Waals surface area (Å²) in [5.74, 6) is 0.371. The Balaban J connectivity index is 1.44. The van der Waals surface area contributed by atoms with Gasteiger partial charge < -0.3 is 9.26 Å². The lowest BCUT2D eigenvalue weighted by Gasteiger charge is -2.10. The van der Waals surface area contributed by atoms with E-state index in [0.717, 1.165) is 12.1 Å². The smallest absolute Gasteiger partial charge is 0.416 e. The molecule has 2 aromatic heterocycles.